The maximum absolute atomic E-state index is 12.2. The van der Waals surface area contributed by atoms with Crippen LogP contribution in [0.1, 0.15) is 19.8 Å². The highest BCUT2D eigenvalue weighted by atomic mass is 35.5. The van der Waals surface area contributed by atoms with Gasteiger partial charge in [0.25, 0.3) is 0 Å². The molecular weight excluding hydrogens is 413 g/mol. The molecule has 0 spiro atoms. The molecule has 2 aromatic carbocycles. The summed E-state index contributed by atoms with van der Waals surface area (Å²) in [7, 11) is 0. The lowest BCUT2D eigenvalue weighted by atomic mass is 10.3. The van der Waals surface area contributed by atoms with Gasteiger partial charge in [-0.05, 0) is 30.7 Å². The Balaban J connectivity index is 1.86. The molecule has 0 aliphatic carbocycles. The van der Waals surface area contributed by atoms with E-state index in [0.29, 0.717) is 22.9 Å². The Morgan fingerprint density at radius 1 is 1.10 bits per heavy atom. The van der Waals surface area contributed by atoms with Crippen molar-refractivity contribution in [2.45, 2.75) is 19.8 Å². The van der Waals surface area contributed by atoms with Gasteiger partial charge < -0.3 is 9.47 Å². The molecule has 1 aromatic heterocycles. The molecule has 3 rings (SSSR count). The largest absolute Gasteiger partial charge is 0.478 e. The number of hydrogen-bond acceptors (Lipinski definition) is 4. The first kappa shape index (κ1) is 20.9. The first-order valence-corrected chi connectivity index (χ1v) is 9.81. The number of ether oxygens (including phenoxy) is 2. The molecule has 0 aliphatic rings. The van der Waals surface area contributed by atoms with Gasteiger partial charge in [0.1, 0.15) is 5.75 Å². The van der Waals surface area contributed by atoms with Crippen molar-refractivity contribution in [3.05, 3.63) is 76.2 Å². The molecule has 0 saturated carbocycles. The second-order valence-electron chi connectivity index (χ2n) is 6.06. The van der Waals surface area contributed by atoms with E-state index in [-0.39, 0.29) is 10.8 Å². The Kier molecular flexibility index (Phi) is 7.27. The van der Waals surface area contributed by atoms with Crippen molar-refractivity contribution >= 4 is 29.3 Å². The molecule has 0 radical (unpaired) electrons. The van der Waals surface area contributed by atoms with Gasteiger partial charge in [0, 0.05) is 12.1 Å². The summed E-state index contributed by atoms with van der Waals surface area (Å²) in [4.78, 5) is 16.1. The number of amides is 1. The summed E-state index contributed by atoms with van der Waals surface area (Å²) in [6, 6.07) is 15.7. The Labute approximate surface area is 178 Å². The molecular formula is C21H19Cl2N3O3. The zero-order valence-electron chi connectivity index (χ0n) is 15.7. The molecule has 0 bridgehead atoms. The highest BCUT2D eigenvalue weighted by molar-refractivity contribution is 6.42. The molecule has 6 nitrogen and oxygen atoms in total. The second-order valence-corrected chi connectivity index (χ2v) is 6.87. The van der Waals surface area contributed by atoms with E-state index < -0.39 is 6.09 Å². The van der Waals surface area contributed by atoms with Gasteiger partial charge in [-0.25, -0.2) is 9.48 Å². The van der Waals surface area contributed by atoms with Crippen LogP contribution >= 0.6 is 23.2 Å². The van der Waals surface area contributed by atoms with E-state index in [0.717, 1.165) is 18.5 Å². The number of carbonyl (C=O) groups excluding carboxylic acids is 1. The number of halogens is 2. The summed E-state index contributed by atoms with van der Waals surface area (Å²) in [6.07, 6.45) is 2.56. The average Bonchev–Trinajstić information content (AvgIpc) is 2.72. The van der Waals surface area contributed by atoms with E-state index >= 15 is 0 Å². The van der Waals surface area contributed by atoms with Crippen LogP contribution in [0.2, 0.25) is 10.0 Å². The van der Waals surface area contributed by atoms with Crippen LogP contribution in [0.25, 0.3) is 5.69 Å². The molecule has 8 heteroatoms. The maximum atomic E-state index is 12.2. The Hall–Kier alpha value is -2.83. The number of rotatable bonds is 6. The van der Waals surface area contributed by atoms with E-state index in [4.69, 9.17) is 32.7 Å². The van der Waals surface area contributed by atoms with Crippen molar-refractivity contribution in [3.8, 4) is 17.3 Å². The van der Waals surface area contributed by atoms with Gasteiger partial charge in [0.15, 0.2) is 0 Å². The maximum Gasteiger partial charge on any atom is 0.439 e. The third-order valence-electron chi connectivity index (χ3n) is 3.85. The van der Waals surface area contributed by atoms with E-state index in [9.17, 15) is 4.79 Å². The third-order valence-corrected chi connectivity index (χ3v) is 4.59. The summed E-state index contributed by atoms with van der Waals surface area (Å²) in [5.74, 6) is 0.726. The van der Waals surface area contributed by atoms with Gasteiger partial charge in [-0.2, -0.15) is 10.1 Å². The van der Waals surface area contributed by atoms with E-state index in [1.807, 2.05) is 30.3 Å². The van der Waals surface area contributed by atoms with Crippen molar-refractivity contribution < 1.29 is 14.3 Å². The molecule has 0 fully saturated rings. The van der Waals surface area contributed by atoms with E-state index in [2.05, 4.69) is 17.0 Å². The lowest BCUT2D eigenvalue weighted by molar-refractivity contribution is 0.210. The van der Waals surface area contributed by atoms with Crippen LogP contribution in [-0.2, 0) is 0 Å². The minimum Gasteiger partial charge on any atom is -0.478 e. The van der Waals surface area contributed by atoms with Crippen molar-refractivity contribution in [1.82, 2.24) is 9.78 Å². The predicted molar refractivity (Wildman–Crippen MR) is 112 cm³/mol. The number of aromatic nitrogens is 2. The summed E-state index contributed by atoms with van der Waals surface area (Å²) >= 11 is 11.8. The minimum absolute atomic E-state index is 0.246. The molecule has 0 unspecified atom stereocenters. The van der Waals surface area contributed by atoms with Crippen molar-refractivity contribution in [2.75, 3.05) is 6.61 Å². The van der Waals surface area contributed by atoms with Gasteiger partial charge in [-0.1, -0.05) is 54.7 Å². The van der Waals surface area contributed by atoms with Crippen LogP contribution < -0.4 is 14.8 Å². The van der Waals surface area contributed by atoms with Crippen LogP contribution in [0.15, 0.2) is 65.8 Å². The second kappa shape index (κ2) is 10.1. The standard InChI is InChI=1S/C21H19Cl2N3O3/c1-2-3-11-28-20-12-15(14-24-26(20)16-7-5-4-6-8-16)25-21(27)29-17-9-10-18(22)19(23)13-17/h4-10,12-14H,2-3,11H2,1H3/b25-15+. The molecule has 0 aliphatic heterocycles. The Morgan fingerprint density at radius 2 is 1.90 bits per heavy atom. The normalized spacial score (nSPS) is 11.3. The quantitative estimate of drug-likeness (QED) is 0.486. The zero-order chi connectivity index (χ0) is 20.6. The Bertz CT molecular complexity index is 1050. The van der Waals surface area contributed by atoms with E-state index in [1.165, 1.54) is 18.3 Å². The number of unbranched alkanes of at least 4 members (excludes halogenated alkanes) is 1. The summed E-state index contributed by atoms with van der Waals surface area (Å²) in [6.45, 7) is 2.61. The first-order valence-electron chi connectivity index (χ1n) is 9.06. The number of benzene rings is 2. The number of nitrogens with zero attached hydrogens (tertiary/aromatic N) is 3. The smallest absolute Gasteiger partial charge is 0.439 e. The van der Waals surface area contributed by atoms with Crippen LogP contribution in [0.4, 0.5) is 4.79 Å². The van der Waals surface area contributed by atoms with Crippen LogP contribution in [-0.4, -0.2) is 22.5 Å². The number of para-hydroxylation sites is 1. The fourth-order valence-electron chi connectivity index (χ4n) is 2.42. The predicted octanol–water partition coefficient (Wildman–Crippen LogP) is 5.46. The fraction of sp³-hybridized carbons (Fsp3) is 0.190. The van der Waals surface area contributed by atoms with Crippen LogP contribution in [0.3, 0.4) is 0 Å². The lowest BCUT2D eigenvalue weighted by Gasteiger charge is -2.13. The summed E-state index contributed by atoms with van der Waals surface area (Å²) in [5, 5.41) is 5.34. The van der Waals surface area contributed by atoms with Gasteiger partial charge in [-0.15, -0.1) is 0 Å². The molecule has 150 valence electrons. The van der Waals surface area contributed by atoms with Crippen LogP contribution in [0.5, 0.6) is 11.6 Å². The van der Waals surface area contributed by atoms with Crippen LogP contribution in [0, 0.1) is 0 Å². The average molecular weight is 432 g/mol. The topological polar surface area (TPSA) is 65.7 Å². The highest BCUT2D eigenvalue weighted by Gasteiger charge is 2.08. The molecule has 0 N–H and O–H groups in total. The lowest BCUT2D eigenvalue weighted by Crippen LogP contribution is -2.16. The monoisotopic (exact) mass is 431 g/mol. The number of hydrogen-bond donors (Lipinski definition) is 0. The molecule has 1 amide bonds. The summed E-state index contributed by atoms with van der Waals surface area (Å²) < 4.78 is 12.7. The fourth-order valence-corrected chi connectivity index (χ4v) is 2.70. The van der Waals surface area contributed by atoms with Crippen molar-refractivity contribution in [2.24, 2.45) is 4.99 Å². The highest BCUT2D eigenvalue weighted by Crippen LogP contribution is 2.26. The molecule has 0 saturated heterocycles. The van der Waals surface area contributed by atoms with Gasteiger partial charge in [-0.3, -0.25) is 0 Å². The minimum atomic E-state index is -0.804. The number of carbonyl (C=O) groups is 1. The molecule has 0 atom stereocenters. The zero-order valence-corrected chi connectivity index (χ0v) is 17.2. The first-order chi connectivity index (χ1) is 14.1. The third kappa shape index (κ3) is 5.82. The Morgan fingerprint density at radius 3 is 2.62 bits per heavy atom. The molecule has 29 heavy (non-hydrogen) atoms. The van der Waals surface area contributed by atoms with Gasteiger partial charge >= 0.3 is 6.09 Å². The molecule has 3 aromatic rings. The van der Waals surface area contributed by atoms with Crippen molar-refractivity contribution in [3.63, 3.8) is 0 Å². The van der Waals surface area contributed by atoms with Gasteiger partial charge in [0.2, 0.25) is 5.88 Å². The van der Waals surface area contributed by atoms with E-state index in [1.54, 1.807) is 16.8 Å². The van der Waals surface area contributed by atoms with Gasteiger partial charge in [0.05, 0.1) is 33.9 Å². The molecule has 1 heterocycles. The summed E-state index contributed by atoms with van der Waals surface area (Å²) in [5.41, 5.74) is 0.837. The van der Waals surface area contributed by atoms with Crippen molar-refractivity contribution in [1.29, 1.82) is 0 Å². The SMILES string of the molecule is CCCCOc1c/c(=N\C(=O)Oc2ccc(Cl)c(Cl)c2)cnn1-c1ccccc1.